The number of hydrogen-bond donors (Lipinski definition) is 1. The fourth-order valence-electron chi connectivity index (χ4n) is 3.81. The largest absolute Gasteiger partial charge is 0.313 e. The van der Waals surface area contributed by atoms with Crippen LogP contribution in [0.5, 0.6) is 0 Å². The summed E-state index contributed by atoms with van der Waals surface area (Å²) in [7, 11) is 0. The zero-order valence-electron chi connectivity index (χ0n) is 12.9. The fourth-order valence-corrected chi connectivity index (χ4v) is 3.81. The van der Waals surface area contributed by atoms with Crippen LogP contribution in [0.2, 0.25) is 0 Å². The van der Waals surface area contributed by atoms with E-state index in [9.17, 15) is 0 Å². The van der Waals surface area contributed by atoms with E-state index in [-0.39, 0.29) is 0 Å². The highest BCUT2D eigenvalue weighted by Crippen LogP contribution is 2.35. The molecule has 2 atom stereocenters. The predicted octanol–water partition coefficient (Wildman–Crippen LogP) is 3.04. The number of hydrogen-bond acceptors (Lipinski definition) is 2. The quantitative estimate of drug-likeness (QED) is 0.906. The standard InChI is InChI=1S/C18H28N2/c1-14(2)10-17-13-20(9-5-8-19-17)12-16-11-15-6-3-4-7-18(15)16/h3-4,6-7,14,16-17,19H,5,8-13H2,1-2H3. The Morgan fingerprint density at radius 1 is 1.30 bits per heavy atom. The van der Waals surface area contributed by atoms with Gasteiger partial charge in [0.25, 0.3) is 0 Å². The van der Waals surface area contributed by atoms with Crippen LogP contribution < -0.4 is 5.32 Å². The minimum absolute atomic E-state index is 0.688. The summed E-state index contributed by atoms with van der Waals surface area (Å²) in [6.07, 6.45) is 3.88. The molecule has 1 aromatic rings. The Balaban J connectivity index is 1.57. The molecule has 1 aliphatic heterocycles. The Morgan fingerprint density at radius 3 is 2.95 bits per heavy atom. The van der Waals surface area contributed by atoms with Crippen molar-refractivity contribution in [2.24, 2.45) is 5.92 Å². The number of benzene rings is 1. The van der Waals surface area contributed by atoms with E-state index in [0.717, 1.165) is 11.8 Å². The monoisotopic (exact) mass is 272 g/mol. The average molecular weight is 272 g/mol. The summed E-state index contributed by atoms with van der Waals surface area (Å²) in [4.78, 5) is 2.70. The van der Waals surface area contributed by atoms with E-state index in [1.54, 1.807) is 11.1 Å². The van der Waals surface area contributed by atoms with E-state index < -0.39 is 0 Å². The van der Waals surface area contributed by atoms with E-state index in [4.69, 9.17) is 0 Å². The van der Waals surface area contributed by atoms with Crippen molar-refractivity contribution in [3.8, 4) is 0 Å². The molecule has 0 radical (unpaired) electrons. The maximum Gasteiger partial charge on any atom is 0.0197 e. The van der Waals surface area contributed by atoms with Gasteiger partial charge in [0.1, 0.15) is 0 Å². The summed E-state index contributed by atoms with van der Waals surface area (Å²) in [5.74, 6) is 1.57. The molecule has 0 amide bonds. The van der Waals surface area contributed by atoms with E-state index in [1.807, 2.05) is 0 Å². The topological polar surface area (TPSA) is 15.3 Å². The maximum atomic E-state index is 3.73. The van der Waals surface area contributed by atoms with Crippen molar-refractivity contribution in [1.29, 1.82) is 0 Å². The summed E-state index contributed by atoms with van der Waals surface area (Å²) < 4.78 is 0. The lowest BCUT2D eigenvalue weighted by Gasteiger charge is -2.35. The second-order valence-electron chi connectivity index (χ2n) is 6.99. The third-order valence-corrected chi connectivity index (χ3v) is 4.76. The maximum absolute atomic E-state index is 3.73. The molecule has 2 unspecified atom stereocenters. The lowest BCUT2D eigenvalue weighted by Crippen LogP contribution is -2.41. The normalized spacial score (nSPS) is 26.9. The Bertz CT molecular complexity index is 441. The van der Waals surface area contributed by atoms with Gasteiger partial charge in [-0.3, -0.25) is 0 Å². The van der Waals surface area contributed by atoms with Crippen LogP contribution in [0.3, 0.4) is 0 Å². The molecule has 1 heterocycles. The molecule has 1 fully saturated rings. The molecule has 110 valence electrons. The Morgan fingerprint density at radius 2 is 2.15 bits per heavy atom. The summed E-state index contributed by atoms with van der Waals surface area (Å²) in [5.41, 5.74) is 3.18. The third kappa shape index (κ3) is 3.24. The molecule has 2 nitrogen and oxygen atoms in total. The molecule has 0 bridgehead atoms. The second kappa shape index (κ2) is 6.28. The first-order valence-corrected chi connectivity index (χ1v) is 8.26. The van der Waals surface area contributed by atoms with Gasteiger partial charge in [0, 0.05) is 25.0 Å². The van der Waals surface area contributed by atoms with Crippen molar-refractivity contribution >= 4 is 0 Å². The molecule has 0 saturated carbocycles. The van der Waals surface area contributed by atoms with Crippen molar-refractivity contribution in [3.05, 3.63) is 35.4 Å². The molecule has 2 heteroatoms. The van der Waals surface area contributed by atoms with Crippen LogP contribution in [-0.4, -0.2) is 37.1 Å². The first kappa shape index (κ1) is 14.1. The number of nitrogens with zero attached hydrogens (tertiary/aromatic N) is 1. The molecule has 1 N–H and O–H groups in total. The van der Waals surface area contributed by atoms with Gasteiger partial charge in [0.05, 0.1) is 0 Å². The molecule has 20 heavy (non-hydrogen) atoms. The van der Waals surface area contributed by atoms with Crippen LogP contribution >= 0.6 is 0 Å². The van der Waals surface area contributed by atoms with E-state index >= 15 is 0 Å². The first-order chi connectivity index (χ1) is 9.72. The highest BCUT2D eigenvalue weighted by atomic mass is 15.2. The molecule has 1 aliphatic carbocycles. The van der Waals surface area contributed by atoms with Crippen LogP contribution in [0.4, 0.5) is 0 Å². The Labute approximate surface area is 123 Å². The smallest absolute Gasteiger partial charge is 0.0197 e. The Kier molecular flexibility index (Phi) is 4.42. The SMILES string of the molecule is CC(C)CC1CN(CC2Cc3ccccc32)CCCN1. The van der Waals surface area contributed by atoms with Crippen molar-refractivity contribution < 1.29 is 0 Å². The van der Waals surface area contributed by atoms with E-state index in [2.05, 4.69) is 48.3 Å². The zero-order valence-corrected chi connectivity index (χ0v) is 12.9. The fraction of sp³-hybridized carbons (Fsp3) is 0.667. The minimum Gasteiger partial charge on any atom is -0.313 e. The molecule has 2 aliphatic rings. The van der Waals surface area contributed by atoms with Crippen LogP contribution in [0, 0.1) is 5.92 Å². The van der Waals surface area contributed by atoms with Crippen LogP contribution in [0.25, 0.3) is 0 Å². The van der Waals surface area contributed by atoms with Gasteiger partial charge in [-0.25, -0.2) is 0 Å². The highest BCUT2D eigenvalue weighted by Gasteiger charge is 2.28. The first-order valence-electron chi connectivity index (χ1n) is 8.26. The van der Waals surface area contributed by atoms with Crippen molar-refractivity contribution in [3.63, 3.8) is 0 Å². The van der Waals surface area contributed by atoms with Crippen LogP contribution in [0.1, 0.15) is 43.7 Å². The summed E-state index contributed by atoms with van der Waals surface area (Å²) in [6, 6.07) is 9.66. The van der Waals surface area contributed by atoms with Crippen molar-refractivity contribution in [1.82, 2.24) is 10.2 Å². The number of fused-ring (bicyclic) bond motifs is 1. The average Bonchev–Trinajstić information content (AvgIpc) is 2.60. The lowest BCUT2D eigenvalue weighted by atomic mass is 9.77. The van der Waals surface area contributed by atoms with Gasteiger partial charge in [0.15, 0.2) is 0 Å². The summed E-state index contributed by atoms with van der Waals surface area (Å²) in [6.45, 7) is 9.61. The van der Waals surface area contributed by atoms with E-state index in [1.165, 1.54) is 45.4 Å². The van der Waals surface area contributed by atoms with E-state index in [0.29, 0.717) is 6.04 Å². The number of rotatable bonds is 4. The van der Waals surface area contributed by atoms with Crippen molar-refractivity contribution in [2.45, 2.75) is 45.1 Å². The van der Waals surface area contributed by atoms with Gasteiger partial charge in [-0.1, -0.05) is 38.1 Å². The van der Waals surface area contributed by atoms with Gasteiger partial charge in [-0.2, -0.15) is 0 Å². The van der Waals surface area contributed by atoms with Gasteiger partial charge in [0.2, 0.25) is 0 Å². The molecular formula is C18H28N2. The highest BCUT2D eigenvalue weighted by molar-refractivity contribution is 5.40. The van der Waals surface area contributed by atoms with Gasteiger partial charge >= 0.3 is 0 Å². The predicted molar refractivity (Wildman–Crippen MR) is 85.2 cm³/mol. The summed E-state index contributed by atoms with van der Waals surface area (Å²) >= 11 is 0. The summed E-state index contributed by atoms with van der Waals surface area (Å²) in [5, 5.41) is 3.73. The lowest BCUT2D eigenvalue weighted by molar-refractivity contribution is 0.233. The zero-order chi connectivity index (χ0) is 13.9. The molecule has 1 aromatic carbocycles. The Hall–Kier alpha value is -0.860. The minimum atomic E-state index is 0.688. The van der Waals surface area contributed by atoms with Gasteiger partial charge in [-0.15, -0.1) is 0 Å². The second-order valence-corrected chi connectivity index (χ2v) is 6.99. The molecule has 0 aromatic heterocycles. The third-order valence-electron chi connectivity index (χ3n) is 4.76. The van der Waals surface area contributed by atoms with Crippen LogP contribution in [-0.2, 0) is 6.42 Å². The van der Waals surface area contributed by atoms with Crippen LogP contribution in [0.15, 0.2) is 24.3 Å². The number of nitrogens with one attached hydrogen (secondary N) is 1. The van der Waals surface area contributed by atoms with Gasteiger partial charge < -0.3 is 10.2 Å². The molecule has 0 spiro atoms. The molecule has 3 rings (SSSR count). The molecular weight excluding hydrogens is 244 g/mol. The van der Waals surface area contributed by atoms with Crippen molar-refractivity contribution in [2.75, 3.05) is 26.2 Å². The van der Waals surface area contributed by atoms with Gasteiger partial charge in [-0.05, 0) is 49.4 Å². The molecule has 1 saturated heterocycles.